The van der Waals surface area contributed by atoms with Crippen LogP contribution in [0, 0.1) is 17.0 Å². The van der Waals surface area contributed by atoms with Gasteiger partial charge in [-0.15, -0.1) is 0 Å². The summed E-state index contributed by atoms with van der Waals surface area (Å²) in [5.74, 6) is 0.123. The van der Waals surface area contributed by atoms with E-state index in [4.69, 9.17) is 4.74 Å². The van der Waals surface area contributed by atoms with E-state index in [0.29, 0.717) is 17.9 Å². The molecule has 0 spiro atoms. The third kappa shape index (κ3) is 3.60. The number of hydrogen-bond acceptors (Lipinski definition) is 5. The van der Waals surface area contributed by atoms with Crippen LogP contribution < -0.4 is 4.74 Å². The van der Waals surface area contributed by atoms with Crippen LogP contribution in [0.15, 0.2) is 36.7 Å². The molecule has 130 valence electrons. The molecule has 25 heavy (non-hydrogen) atoms. The number of hydrogen-bond donors (Lipinski definition) is 0. The van der Waals surface area contributed by atoms with Crippen molar-refractivity contribution < 1.29 is 14.5 Å². The highest BCUT2D eigenvalue weighted by Crippen LogP contribution is 2.33. The number of aromatic nitrogens is 1. The SMILES string of the molecule is COc1cc(C(=O)N(Cc2ccncc2)C2CC2)cc([N+](=O)[O-])c1C. The molecule has 1 aromatic carbocycles. The van der Waals surface area contributed by atoms with Gasteiger partial charge >= 0.3 is 0 Å². The summed E-state index contributed by atoms with van der Waals surface area (Å²) in [7, 11) is 1.44. The summed E-state index contributed by atoms with van der Waals surface area (Å²) in [6, 6.07) is 6.81. The lowest BCUT2D eigenvalue weighted by Gasteiger charge is -2.23. The summed E-state index contributed by atoms with van der Waals surface area (Å²) in [4.78, 5) is 29.6. The Labute approximate surface area is 145 Å². The van der Waals surface area contributed by atoms with Gasteiger partial charge in [0.2, 0.25) is 0 Å². The molecule has 7 heteroatoms. The third-order valence-corrected chi connectivity index (χ3v) is 4.35. The number of nitrogens with zero attached hydrogens (tertiary/aromatic N) is 3. The van der Waals surface area contributed by atoms with Crippen molar-refractivity contribution in [2.24, 2.45) is 0 Å². The predicted molar refractivity (Wildman–Crippen MR) is 91.5 cm³/mol. The van der Waals surface area contributed by atoms with Gasteiger partial charge in [-0.3, -0.25) is 19.9 Å². The lowest BCUT2D eigenvalue weighted by molar-refractivity contribution is -0.385. The molecule has 1 amide bonds. The van der Waals surface area contributed by atoms with Crippen molar-refractivity contribution >= 4 is 11.6 Å². The van der Waals surface area contributed by atoms with Crippen LogP contribution in [0.4, 0.5) is 5.69 Å². The van der Waals surface area contributed by atoms with E-state index in [-0.39, 0.29) is 23.2 Å². The largest absolute Gasteiger partial charge is 0.496 e. The number of rotatable bonds is 6. The molecule has 1 aromatic heterocycles. The molecule has 0 aliphatic heterocycles. The van der Waals surface area contributed by atoms with E-state index in [1.54, 1.807) is 30.3 Å². The zero-order chi connectivity index (χ0) is 18.0. The normalized spacial score (nSPS) is 13.4. The number of nitro groups is 1. The topological polar surface area (TPSA) is 85.6 Å². The molecule has 7 nitrogen and oxygen atoms in total. The first-order chi connectivity index (χ1) is 12.0. The van der Waals surface area contributed by atoms with Crippen molar-refractivity contribution in [1.29, 1.82) is 0 Å². The molecule has 2 aromatic rings. The molecule has 0 unspecified atom stereocenters. The van der Waals surface area contributed by atoms with Gasteiger partial charge in [-0.25, -0.2) is 0 Å². The lowest BCUT2D eigenvalue weighted by Crippen LogP contribution is -2.32. The van der Waals surface area contributed by atoms with Gasteiger partial charge in [0.25, 0.3) is 11.6 Å². The standard InChI is InChI=1S/C18H19N3O4/c1-12-16(21(23)24)9-14(10-17(12)25-2)18(22)20(15-3-4-15)11-13-5-7-19-8-6-13/h5-10,15H,3-4,11H2,1-2H3. The number of ether oxygens (including phenoxy) is 1. The second-order valence-electron chi connectivity index (χ2n) is 6.10. The fraction of sp³-hybridized carbons (Fsp3) is 0.333. The van der Waals surface area contributed by atoms with Crippen molar-refractivity contribution in [3.05, 3.63) is 63.5 Å². The second kappa shape index (κ2) is 6.88. The molecule has 1 aliphatic carbocycles. The molecule has 1 fully saturated rings. The maximum Gasteiger partial charge on any atom is 0.276 e. The van der Waals surface area contributed by atoms with E-state index in [9.17, 15) is 14.9 Å². The van der Waals surface area contributed by atoms with Gasteiger partial charge in [-0.1, -0.05) is 0 Å². The molecule has 0 bridgehead atoms. The molecule has 1 heterocycles. The molecule has 0 atom stereocenters. The minimum Gasteiger partial charge on any atom is -0.496 e. The van der Waals surface area contributed by atoms with Gasteiger partial charge in [0, 0.05) is 31.0 Å². The number of amides is 1. The van der Waals surface area contributed by atoms with Crippen LogP contribution in [0.3, 0.4) is 0 Å². The van der Waals surface area contributed by atoms with E-state index >= 15 is 0 Å². The van der Waals surface area contributed by atoms with Crippen LogP contribution in [0.2, 0.25) is 0 Å². The van der Waals surface area contributed by atoms with Crippen molar-refractivity contribution in [3.8, 4) is 5.75 Å². The molecular formula is C18H19N3O4. The Morgan fingerprint density at radius 2 is 2.04 bits per heavy atom. The summed E-state index contributed by atoms with van der Waals surface area (Å²) in [6.07, 6.45) is 5.26. The Morgan fingerprint density at radius 3 is 2.60 bits per heavy atom. The predicted octanol–water partition coefficient (Wildman–Crippen LogP) is 3.11. The van der Waals surface area contributed by atoms with E-state index in [1.165, 1.54) is 13.2 Å². The number of pyridine rings is 1. The Balaban J connectivity index is 1.94. The van der Waals surface area contributed by atoms with Crippen LogP contribution in [0.1, 0.15) is 34.3 Å². The molecular weight excluding hydrogens is 322 g/mol. The highest BCUT2D eigenvalue weighted by molar-refractivity contribution is 5.96. The molecule has 0 N–H and O–H groups in total. The second-order valence-corrected chi connectivity index (χ2v) is 6.10. The lowest BCUT2D eigenvalue weighted by atomic mass is 10.1. The molecule has 0 saturated heterocycles. The molecule has 0 radical (unpaired) electrons. The smallest absolute Gasteiger partial charge is 0.276 e. The fourth-order valence-corrected chi connectivity index (χ4v) is 2.80. The number of carbonyl (C=O) groups excluding carboxylic acids is 1. The average Bonchev–Trinajstić information content (AvgIpc) is 3.45. The minimum absolute atomic E-state index is 0.109. The highest BCUT2D eigenvalue weighted by Gasteiger charge is 2.34. The van der Waals surface area contributed by atoms with Gasteiger partial charge in [0.1, 0.15) is 5.75 Å². The van der Waals surface area contributed by atoms with Gasteiger partial charge in [0.05, 0.1) is 23.2 Å². The zero-order valence-corrected chi connectivity index (χ0v) is 14.1. The van der Waals surface area contributed by atoms with Crippen LogP contribution in [0.5, 0.6) is 5.75 Å². The Kier molecular flexibility index (Phi) is 4.65. The maximum atomic E-state index is 13.0. The first-order valence-corrected chi connectivity index (χ1v) is 8.04. The van der Waals surface area contributed by atoms with Crippen molar-refractivity contribution in [2.45, 2.75) is 32.4 Å². The number of methoxy groups -OCH3 is 1. The fourth-order valence-electron chi connectivity index (χ4n) is 2.80. The summed E-state index contributed by atoms with van der Waals surface area (Å²) in [6.45, 7) is 2.07. The number of nitro benzene ring substituents is 1. The van der Waals surface area contributed by atoms with E-state index in [2.05, 4.69) is 4.98 Å². The van der Waals surface area contributed by atoms with Gasteiger partial charge in [-0.05, 0) is 43.5 Å². The van der Waals surface area contributed by atoms with Crippen molar-refractivity contribution in [2.75, 3.05) is 7.11 Å². The summed E-state index contributed by atoms with van der Waals surface area (Å²) < 4.78 is 5.22. The quantitative estimate of drug-likeness (QED) is 0.595. The summed E-state index contributed by atoms with van der Waals surface area (Å²) in [5, 5.41) is 11.3. The first-order valence-electron chi connectivity index (χ1n) is 8.04. The van der Waals surface area contributed by atoms with Crippen LogP contribution >= 0.6 is 0 Å². The summed E-state index contributed by atoms with van der Waals surface area (Å²) in [5.41, 5.74) is 1.55. The van der Waals surface area contributed by atoms with Gasteiger partial charge in [-0.2, -0.15) is 0 Å². The zero-order valence-electron chi connectivity index (χ0n) is 14.1. The minimum atomic E-state index is -0.487. The maximum absolute atomic E-state index is 13.0. The van der Waals surface area contributed by atoms with E-state index in [0.717, 1.165) is 18.4 Å². The summed E-state index contributed by atoms with van der Waals surface area (Å²) >= 11 is 0. The number of benzene rings is 1. The monoisotopic (exact) mass is 341 g/mol. The van der Waals surface area contributed by atoms with E-state index < -0.39 is 4.92 Å². The third-order valence-electron chi connectivity index (χ3n) is 4.35. The molecule has 1 aliphatic rings. The average molecular weight is 341 g/mol. The van der Waals surface area contributed by atoms with Crippen LogP contribution in [-0.2, 0) is 6.54 Å². The van der Waals surface area contributed by atoms with E-state index in [1.807, 2.05) is 12.1 Å². The van der Waals surface area contributed by atoms with Gasteiger partial charge in [0.15, 0.2) is 0 Å². The van der Waals surface area contributed by atoms with Gasteiger partial charge < -0.3 is 9.64 Å². The Hall–Kier alpha value is -2.96. The highest BCUT2D eigenvalue weighted by atomic mass is 16.6. The Morgan fingerprint density at radius 1 is 1.36 bits per heavy atom. The van der Waals surface area contributed by atoms with Crippen LogP contribution in [0.25, 0.3) is 0 Å². The molecule has 1 saturated carbocycles. The van der Waals surface area contributed by atoms with Crippen molar-refractivity contribution in [3.63, 3.8) is 0 Å². The first kappa shape index (κ1) is 16.9. The molecule has 3 rings (SSSR count). The van der Waals surface area contributed by atoms with Crippen molar-refractivity contribution in [1.82, 2.24) is 9.88 Å². The Bertz CT molecular complexity index is 803. The number of carbonyl (C=O) groups is 1. The van der Waals surface area contributed by atoms with Crippen LogP contribution in [-0.4, -0.2) is 33.9 Å².